The lowest BCUT2D eigenvalue weighted by Crippen LogP contribution is -2.13. The van der Waals surface area contributed by atoms with E-state index in [1.165, 1.54) is 0 Å². The zero-order valence-corrected chi connectivity index (χ0v) is 16.6. The maximum Gasteiger partial charge on any atom is 0.416 e. The van der Waals surface area contributed by atoms with Crippen molar-refractivity contribution in [3.05, 3.63) is 49.1 Å². The summed E-state index contributed by atoms with van der Waals surface area (Å²) in [5.74, 6) is -0.807. The molecule has 1 aliphatic rings. The van der Waals surface area contributed by atoms with Gasteiger partial charge in [0.25, 0.3) is 0 Å². The van der Waals surface area contributed by atoms with Crippen molar-refractivity contribution in [1.82, 2.24) is 9.78 Å². The lowest BCUT2D eigenvalue weighted by molar-refractivity contribution is -0.391. The van der Waals surface area contributed by atoms with Gasteiger partial charge in [0.05, 0.1) is 21.0 Å². The third-order valence-corrected chi connectivity index (χ3v) is 6.16. The van der Waals surface area contributed by atoms with Crippen molar-refractivity contribution >= 4 is 52.2 Å². The van der Waals surface area contributed by atoms with Crippen LogP contribution in [0.3, 0.4) is 0 Å². The predicted octanol–water partition coefficient (Wildman–Crippen LogP) is 5.81. The zero-order chi connectivity index (χ0) is 21.2. The average molecular weight is 474 g/mol. The molecule has 0 spiro atoms. The molecule has 0 bridgehead atoms. The van der Waals surface area contributed by atoms with Gasteiger partial charge in [0.1, 0.15) is 16.1 Å². The first-order valence-corrected chi connectivity index (χ1v) is 8.88. The summed E-state index contributed by atoms with van der Waals surface area (Å²) < 4.78 is 38.2. The Kier molecular flexibility index (Phi) is 4.79. The van der Waals surface area contributed by atoms with Gasteiger partial charge in [0.15, 0.2) is 11.3 Å². The van der Waals surface area contributed by atoms with E-state index in [2.05, 4.69) is 5.10 Å². The van der Waals surface area contributed by atoms with Gasteiger partial charge in [-0.2, -0.15) is 18.4 Å². The highest BCUT2D eigenvalue weighted by Gasteiger charge is 2.67. The zero-order valence-electron chi connectivity index (χ0n) is 13.6. The van der Waals surface area contributed by atoms with E-state index in [0.29, 0.717) is 16.8 Å². The van der Waals surface area contributed by atoms with E-state index in [9.17, 15) is 28.5 Å². The first kappa shape index (κ1) is 21.0. The molecule has 0 aliphatic heterocycles. The molecule has 1 saturated carbocycles. The number of rotatable bonds is 3. The minimum absolute atomic E-state index is 0.0706. The van der Waals surface area contributed by atoms with E-state index < -0.39 is 47.8 Å². The molecule has 13 heteroatoms. The topological polar surface area (TPSA) is 84.8 Å². The van der Waals surface area contributed by atoms with Crippen LogP contribution in [0.4, 0.5) is 19.0 Å². The quantitative estimate of drug-likeness (QED) is 0.319. The van der Waals surface area contributed by atoms with Crippen molar-refractivity contribution in [3.63, 3.8) is 0 Å². The van der Waals surface area contributed by atoms with Gasteiger partial charge in [0, 0.05) is 0 Å². The highest BCUT2D eigenvalue weighted by Crippen LogP contribution is 2.65. The summed E-state index contributed by atoms with van der Waals surface area (Å²) in [6, 6.07) is 2.81. The molecule has 28 heavy (non-hydrogen) atoms. The fourth-order valence-corrected chi connectivity index (χ4v) is 4.17. The van der Waals surface area contributed by atoms with Gasteiger partial charge in [-0.25, -0.2) is 0 Å². The molecule has 3 rings (SSSR count). The SMILES string of the molecule is CC1(c2nn(-c3c(Cl)cc(C(F)(F)F)cc3Cl)c([N+](=O)[O-])c2C#N)CC1(Cl)Cl. The molecule has 0 N–H and O–H groups in total. The maximum absolute atomic E-state index is 12.9. The van der Waals surface area contributed by atoms with Crippen LogP contribution in [0, 0.1) is 21.4 Å². The van der Waals surface area contributed by atoms with Gasteiger partial charge < -0.3 is 10.1 Å². The van der Waals surface area contributed by atoms with Crippen LogP contribution >= 0.6 is 46.4 Å². The van der Waals surface area contributed by atoms with Crippen LogP contribution in [-0.2, 0) is 11.6 Å². The Bertz CT molecular complexity index is 1040. The number of hydrogen-bond donors (Lipinski definition) is 0. The molecule has 1 aromatic carbocycles. The highest BCUT2D eigenvalue weighted by atomic mass is 35.5. The molecule has 1 aliphatic carbocycles. The summed E-state index contributed by atoms with van der Waals surface area (Å²) in [5, 5.41) is 24.0. The van der Waals surface area contributed by atoms with Gasteiger partial charge in [0.2, 0.25) is 0 Å². The van der Waals surface area contributed by atoms with Crippen molar-refractivity contribution in [2.45, 2.75) is 29.3 Å². The molecule has 6 nitrogen and oxygen atoms in total. The first-order chi connectivity index (χ1) is 12.7. The van der Waals surface area contributed by atoms with Crippen LogP contribution in [0.15, 0.2) is 12.1 Å². The number of nitriles is 1. The second kappa shape index (κ2) is 6.39. The molecule has 1 fully saturated rings. The highest BCUT2D eigenvalue weighted by molar-refractivity contribution is 6.52. The van der Waals surface area contributed by atoms with Crippen molar-refractivity contribution in [1.29, 1.82) is 5.26 Å². The van der Waals surface area contributed by atoms with Crippen LogP contribution < -0.4 is 0 Å². The van der Waals surface area contributed by atoms with Crippen LogP contribution in [0.1, 0.15) is 30.2 Å². The molecule has 1 aromatic heterocycles. The van der Waals surface area contributed by atoms with Gasteiger partial charge in [-0.3, -0.25) is 0 Å². The number of aromatic nitrogens is 2. The van der Waals surface area contributed by atoms with E-state index in [-0.39, 0.29) is 17.8 Å². The summed E-state index contributed by atoms with van der Waals surface area (Å²) >= 11 is 24.1. The molecule has 1 heterocycles. The van der Waals surface area contributed by atoms with Gasteiger partial charge in [-0.05, 0) is 23.5 Å². The third kappa shape index (κ3) is 3.08. The number of nitrogens with zero attached hydrogens (tertiary/aromatic N) is 4. The van der Waals surface area contributed by atoms with Crippen molar-refractivity contribution in [2.75, 3.05) is 0 Å². The van der Waals surface area contributed by atoms with E-state index in [4.69, 9.17) is 46.4 Å². The normalized spacial score (nSPS) is 20.7. The standard InChI is InChI=1S/C15H7Cl4F3N4O2/c1-13(5-14(13,18)19)11-7(4-23)12(26(27)28)25(24-11)10-8(16)2-6(3-9(10)17)15(20,21)22/h2-3H,5H2,1H3. The molecular formula is C15H7Cl4F3N4O2. The van der Waals surface area contributed by atoms with E-state index in [0.717, 1.165) is 0 Å². The fourth-order valence-electron chi connectivity index (χ4n) is 2.81. The van der Waals surface area contributed by atoms with Crippen molar-refractivity contribution < 1.29 is 18.1 Å². The number of benzene rings is 1. The van der Waals surface area contributed by atoms with Crippen molar-refractivity contribution in [2.24, 2.45) is 0 Å². The molecule has 0 radical (unpaired) electrons. The Balaban J connectivity index is 2.31. The molecule has 0 amide bonds. The van der Waals surface area contributed by atoms with Crippen LogP contribution in [0.2, 0.25) is 10.0 Å². The van der Waals surface area contributed by atoms with E-state index in [1.807, 2.05) is 0 Å². The Hall–Kier alpha value is -1.73. The molecule has 1 atom stereocenters. The molecule has 2 aromatic rings. The molecule has 1 unspecified atom stereocenters. The van der Waals surface area contributed by atoms with Crippen molar-refractivity contribution in [3.8, 4) is 11.8 Å². The van der Waals surface area contributed by atoms with Gasteiger partial charge in [-0.15, -0.1) is 23.2 Å². The van der Waals surface area contributed by atoms with Gasteiger partial charge in [-0.1, -0.05) is 39.9 Å². The smallest absolute Gasteiger partial charge is 0.358 e. The van der Waals surface area contributed by atoms with Crippen LogP contribution in [0.5, 0.6) is 0 Å². The molecule has 148 valence electrons. The number of nitro groups is 1. The molecule has 0 saturated heterocycles. The monoisotopic (exact) mass is 472 g/mol. The van der Waals surface area contributed by atoms with Crippen LogP contribution in [0.25, 0.3) is 5.69 Å². The number of hydrogen-bond acceptors (Lipinski definition) is 4. The Morgan fingerprint density at radius 1 is 1.32 bits per heavy atom. The minimum atomic E-state index is -4.73. The maximum atomic E-state index is 12.9. The Labute approximate surface area is 175 Å². The first-order valence-electron chi connectivity index (χ1n) is 7.37. The summed E-state index contributed by atoms with van der Waals surface area (Å²) in [6.45, 7) is 1.56. The Morgan fingerprint density at radius 2 is 1.82 bits per heavy atom. The summed E-state index contributed by atoms with van der Waals surface area (Å²) in [4.78, 5) is 10.7. The van der Waals surface area contributed by atoms with Gasteiger partial charge >= 0.3 is 12.0 Å². The summed E-state index contributed by atoms with van der Waals surface area (Å²) in [5.41, 5.74) is -3.08. The average Bonchev–Trinajstić information content (AvgIpc) is 2.89. The number of alkyl halides is 5. The van der Waals surface area contributed by atoms with E-state index >= 15 is 0 Å². The second-order valence-corrected chi connectivity index (χ2v) is 8.63. The Morgan fingerprint density at radius 3 is 2.18 bits per heavy atom. The fraction of sp³-hybridized carbons (Fsp3) is 0.333. The lowest BCUT2D eigenvalue weighted by Gasteiger charge is -2.10. The third-order valence-electron chi connectivity index (χ3n) is 4.48. The minimum Gasteiger partial charge on any atom is -0.358 e. The largest absolute Gasteiger partial charge is 0.416 e. The summed E-state index contributed by atoms with van der Waals surface area (Å²) in [7, 11) is 0. The number of halogens is 7. The lowest BCUT2D eigenvalue weighted by atomic mass is 10.0. The predicted molar refractivity (Wildman–Crippen MR) is 96.4 cm³/mol. The molecular weight excluding hydrogens is 467 g/mol. The summed E-state index contributed by atoms with van der Waals surface area (Å²) in [6.07, 6.45) is -4.57. The second-order valence-electron chi connectivity index (χ2n) is 6.33. The van der Waals surface area contributed by atoms with E-state index in [1.54, 1.807) is 13.0 Å². The van der Waals surface area contributed by atoms with Crippen LogP contribution in [-0.4, -0.2) is 19.0 Å².